The molecule has 7 nitrogen and oxygen atoms in total. The Morgan fingerprint density at radius 2 is 1.69 bits per heavy atom. The summed E-state index contributed by atoms with van der Waals surface area (Å²) in [7, 11) is 1.58. The minimum Gasteiger partial charge on any atom is -0.492 e. The third-order valence-corrected chi connectivity index (χ3v) is 7.05. The predicted molar refractivity (Wildman–Crippen MR) is 126 cm³/mol. The quantitative estimate of drug-likeness (QED) is 0.530. The Kier molecular flexibility index (Phi) is 6.60. The molecule has 32 heavy (non-hydrogen) atoms. The van der Waals surface area contributed by atoms with Crippen molar-refractivity contribution in [1.29, 1.82) is 0 Å². The van der Waals surface area contributed by atoms with E-state index in [0.29, 0.717) is 67.8 Å². The second-order valence-electron chi connectivity index (χ2n) is 8.15. The summed E-state index contributed by atoms with van der Waals surface area (Å²) in [6.07, 6.45) is 3.42. The van der Waals surface area contributed by atoms with Crippen LogP contribution in [0.25, 0.3) is 0 Å². The average molecular weight is 551 g/mol. The molecule has 0 fully saturated rings. The molecule has 1 N–H and O–H groups in total. The smallest absolute Gasteiger partial charge is 0.323 e. The fourth-order valence-electron chi connectivity index (χ4n) is 5.09. The van der Waals surface area contributed by atoms with Crippen molar-refractivity contribution in [3.63, 3.8) is 0 Å². The molecular weight excluding hydrogens is 525 g/mol. The maximum absolute atomic E-state index is 13.2. The molecule has 1 aromatic rings. The van der Waals surface area contributed by atoms with Crippen LogP contribution >= 0.6 is 22.6 Å². The third kappa shape index (κ3) is 3.93. The lowest BCUT2D eigenvalue weighted by atomic mass is 9.71. The van der Waals surface area contributed by atoms with Gasteiger partial charge in [-0.2, -0.15) is 0 Å². The molecule has 0 saturated carbocycles. The van der Waals surface area contributed by atoms with Crippen LogP contribution in [0.3, 0.4) is 0 Å². The van der Waals surface area contributed by atoms with Crippen molar-refractivity contribution in [2.75, 3.05) is 20.3 Å². The fourth-order valence-corrected chi connectivity index (χ4v) is 5.94. The molecule has 1 heterocycles. The third-order valence-electron chi connectivity index (χ3n) is 6.25. The largest absolute Gasteiger partial charge is 0.492 e. The molecule has 0 spiro atoms. The van der Waals surface area contributed by atoms with Crippen LogP contribution in [0, 0.1) is 3.57 Å². The molecule has 170 valence electrons. The first-order chi connectivity index (χ1) is 15.4. The van der Waals surface area contributed by atoms with Crippen molar-refractivity contribution in [1.82, 2.24) is 4.90 Å². The molecule has 0 saturated heterocycles. The highest BCUT2D eigenvalue weighted by atomic mass is 127. The monoisotopic (exact) mass is 551 g/mol. The van der Waals surface area contributed by atoms with E-state index in [4.69, 9.17) is 9.47 Å². The second-order valence-corrected chi connectivity index (χ2v) is 9.32. The number of allylic oxidation sites excluding steroid dienone is 4. The number of halogens is 1. The normalized spacial score (nSPS) is 19.2. The molecule has 8 heteroatoms. The van der Waals surface area contributed by atoms with Crippen LogP contribution in [-0.2, 0) is 14.4 Å². The summed E-state index contributed by atoms with van der Waals surface area (Å²) in [6, 6.07) is 3.81. The van der Waals surface area contributed by atoms with Crippen LogP contribution < -0.4 is 9.47 Å². The van der Waals surface area contributed by atoms with E-state index < -0.39 is 11.9 Å². The number of nitrogens with zero attached hydrogens (tertiary/aromatic N) is 1. The Hall–Kier alpha value is -2.36. The molecule has 0 unspecified atom stereocenters. The van der Waals surface area contributed by atoms with Gasteiger partial charge < -0.3 is 19.5 Å². The molecule has 0 aromatic heterocycles. The lowest BCUT2D eigenvalue weighted by molar-refractivity contribution is -0.138. The summed E-state index contributed by atoms with van der Waals surface area (Å²) in [5.74, 6) is -0.325. The number of rotatable bonds is 6. The Morgan fingerprint density at radius 3 is 2.19 bits per heavy atom. The average Bonchev–Trinajstić information content (AvgIpc) is 2.74. The summed E-state index contributed by atoms with van der Waals surface area (Å²) in [6.45, 7) is 2.10. The zero-order valence-corrected chi connectivity index (χ0v) is 20.4. The first-order valence-electron chi connectivity index (χ1n) is 10.9. The zero-order valence-electron chi connectivity index (χ0n) is 18.2. The highest BCUT2D eigenvalue weighted by molar-refractivity contribution is 14.1. The van der Waals surface area contributed by atoms with Crippen molar-refractivity contribution in [3.05, 3.63) is 43.8 Å². The molecule has 1 aromatic carbocycles. The standard InChI is InChI=1S/C24H26INO6/c1-3-32-19-11-13(10-14(25)24(19)31-2)21-22-15(6-4-8-17(22)27)26(12-20(29)30)16-7-5-9-18(28)23(16)21/h10-11,21H,3-9,12H2,1-2H3,(H,29,30). The zero-order chi connectivity index (χ0) is 23.0. The van der Waals surface area contributed by atoms with Crippen LogP contribution in [0.2, 0.25) is 0 Å². The van der Waals surface area contributed by atoms with Crippen LogP contribution in [0.5, 0.6) is 11.5 Å². The second kappa shape index (κ2) is 9.25. The Balaban J connectivity index is 1.97. The number of ether oxygens (including phenoxy) is 2. The summed E-state index contributed by atoms with van der Waals surface area (Å²) in [4.78, 5) is 39.8. The van der Waals surface area contributed by atoms with E-state index in [1.165, 1.54) is 0 Å². The number of carbonyl (C=O) groups is 3. The highest BCUT2D eigenvalue weighted by Crippen LogP contribution is 2.50. The number of hydrogen-bond donors (Lipinski definition) is 1. The molecule has 0 bridgehead atoms. The van der Waals surface area contributed by atoms with Gasteiger partial charge in [-0.1, -0.05) is 0 Å². The Labute approximate surface area is 200 Å². The van der Waals surface area contributed by atoms with Gasteiger partial charge in [-0.25, -0.2) is 0 Å². The molecular formula is C24H26INO6. The van der Waals surface area contributed by atoms with Crippen LogP contribution in [0.1, 0.15) is 56.9 Å². The summed E-state index contributed by atoms with van der Waals surface area (Å²) >= 11 is 2.18. The topological polar surface area (TPSA) is 93.1 Å². The number of aliphatic carboxylic acids is 1. The van der Waals surface area contributed by atoms with E-state index in [1.807, 2.05) is 19.1 Å². The maximum Gasteiger partial charge on any atom is 0.323 e. The molecule has 2 aliphatic carbocycles. The van der Waals surface area contributed by atoms with Gasteiger partial charge in [-0.05, 0) is 72.9 Å². The van der Waals surface area contributed by atoms with E-state index in [0.717, 1.165) is 20.5 Å². The van der Waals surface area contributed by atoms with Crippen molar-refractivity contribution in [2.45, 2.75) is 51.4 Å². The van der Waals surface area contributed by atoms with Gasteiger partial charge in [0.25, 0.3) is 0 Å². The van der Waals surface area contributed by atoms with Gasteiger partial charge in [-0.15, -0.1) is 0 Å². The number of Topliss-reactive ketones (excluding diaryl/α,β-unsaturated/α-hetero) is 2. The van der Waals surface area contributed by atoms with E-state index >= 15 is 0 Å². The number of carboxylic acids is 1. The summed E-state index contributed by atoms with van der Waals surface area (Å²) < 4.78 is 12.2. The number of ketones is 2. The van der Waals surface area contributed by atoms with Crippen LogP contribution in [0.4, 0.5) is 0 Å². The van der Waals surface area contributed by atoms with Gasteiger partial charge in [0, 0.05) is 41.3 Å². The Morgan fingerprint density at radius 1 is 1.09 bits per heavy atom. The van der Waals surface area contributed by atoms with Gasteiger partial charge in [0.2, 0.25) is 0 Å². The number of methoxy groups -OCH3 is 1. The summed E-state index contributed by atoms with van der Waals surface area (Å²) in [5, 5.41) is 9.56. The lowest BCUT2D eigenvalue weighted by Crippen LogP contribution is -2.41. The predicted octanol–water partition coefficient (Wildman–Crippen LogP) is 4.20. The summed E-state index contributed by atoms with van der Waals surface area (Å²) in [5.41, 5.74) is 3.45. The number of hydrogen-bond acceptors (Lipinski definition) is 6. The van der Waals surface area contributed by atoms with Gasteiger partial charge >= 0.3 is 5.97 Å². The van der Waals surface area contributed by atoms with Crippen LogP contribution in [-0.4, -0.2) is 47.8 Å². The van der Waals surface area contributed by atoms with Gasteiger partial charge in [0.15, 0.2) is 23.1 Å². The van der Waals surface area contributed by atoms with Gasteiger partial charge in [0.05, 0.1) is 17.3 Å². The van der Waals surface area contributed by atoms with Crippen LogP contribution in [0.15, 0.2) is 34.7 Å². The SMILES string of the molecule is CCOc1cc(C2C3=C(CCCC3=O)N(CC(=O)O)C3=C2C(=O)CCC3)cc(I)c1OC. The molecule has 0 atom stereocenters. The van der Waals surface area contributed by atoms with Crippen molar-refractivity contribution in [2.24, 2.45) is 0 Å². The van der Waals surface area contributed by atoms with Crippen molar-refractivity contribution >= 4 is 40.1 Å². The minimum atomic E-state index is -0.976. The number of carbonyl (C=O) groups excluding carboxylic acids is 2. The van der Waals surface area contributed by atoms with E-state index in [-0.39, 0.29) is 18.1 Å². The van der Waals surface area contributed by atoms with Gasteiger partial charge in [0.1, 0.15) is 6.54 Å². The Bertz CT molecular complexity index is 1010. The first kappa shape index (κ1) is 22.8. The van der Waals surface area contributed by atoms with Crippen molar-refractivity contribution in [3.8, 4) is 11.5 Å². The maximum atomic E-state index is 13.2. The molecule has 3 aliphatic rings. The first-order valence-corrected chi connectivity index (χ1v) is 12.0. The van der Waals surface area contributed by atoms with E-state index in [1.54, 1.807) is 12.0 Å². The molecule has 4 rings (SSSR count). The molecule has 1 aliphatic heterocycles. The van der Waals surface area contributed by atoms with Crippen molar-refractivity contribution < 1.29 is 29.0 Å². The molecule has 0 radical (unpaired) electrons. The number of benzene rings is 1. The van der Waals surface area contributed by atoms with Gasteiger partial charge in [-0.3, -0.25) is 14.4 Å². The highest BCUT2D eigenvalue weighted by Gasteiger charge is 2.44. The minimum absolute atomic E-state index is 0.0136. The molecule has 0 amide bonds. The fraction of sp³-hybridized carbons (Fsp3) is 0.458. The lowest BCUT2D eigenvalue weighted by Gasteiger charge is -2.43. The number of carboxylic acid groups (broad SMARTS) is 1. The van der Waals surface area contributed by atoms with E-state index in [2.05, 4.69) is 22.6 Å². The van der Waals surface area contributed by atoms with E-state index in [9.17, 15) is 19.5 Å².